The predicted octanol–water partition coefficient (Wildman–Crippen LogP) is 2.32. The zero-order chi connectivity index (χ0) is 14.7. The fraction of sp³-hybridized carbons (Fsp3) is 0.500. The summed E-state index contributed by atoms with van der Waals surface area (Å²) in [6.07, 6.45) is 6.22. The van der Waals surface area contributed by atoms with E-state index >= 15 is 0 Å². The van der Waals surface area contributed by atoms with Crippen molar-refractivity contribution in [3.05, 3.63) is 42.0 Å². The molecule has 1 aromatic carbocycles. The van der Waals surface area contributed by atoms with Crippen molar-refractivity contribution in [3.8, 4) is 5.75 Å². The highest BCUT2D eigenvalue weighted by Crippen LogP contribution is 2.31. The van der Waals surface area contributed by atoms with Gasteiger partial charge in [-0.25, -0.2) is 0 Å². The number of hydrogen-bond donors (Lipinski definition) is 1. The number of nitrogens with zero attached hydrogens (tertiary/aromatic N) is 3. The first kappa shape index (κ1) is 14.1. The maximum Gasteiger partial charge on any atom is 0.136 e. The first-order valence-electron chi connectivity index (χ1n) is 7.52. The summed E-state index contributed by atoms with van der Waals surface area (Å²) in [7, 11) is 1.68. The van der Waals surface area contributed by atoms with E-state index in [0.717, 1.165) is 43.8 Å². The van der Waals surface area contributed by atoms with E-state index in [-0.39, 0.29) is 0 Å². The van der Waals surface area contributed by atoms with Gasteiger partial charge in [-0.1, -0.05) is 12.1 Å². The SMILES string of the molecule is COc1ccc(Cn2cnnc2C2CCC(N)CC2)cc1. The minimum atomic E-state index is 0.360. The molecule has 1 saturated carbocycles. The molecule has 112 valence electrons. The normalized spacial score (nSPS) is 22.2. The summed E-state index contributed by atoms with van der Waals surface area (Å²) < 4.78 is 7.35. The Balaban J connectivity index is 1.72. The molecule has 0 radical (unpaired) electrons. The second-order valence-corrected chi connectivity index (χ2v) is 5.78. The maximum atomic E-state index is 5.98. The summed E-state index contributed by atoms with van der Waals surface area (Å²) >= 11 is 0. The average molecular weight is 286 g/mol. The Morgan fingerprint density at radius 1 is 1.19 bits per heavy atom. The van der Waals surface area contributed by atoms with Gasteiger partial charge in [0.25, 0.3) is 0 Å². The zero-order valence-electron chi connectivity index (χ0n) is 12.4. The minimum Gasteiger partial charge on any atom is -0.497 e. The fourth-order valence-electron chi connectivity index (χ4n) is 3.01. The highest BCUT2D eigenvalue weighted by molar-refractivity contribution is 5.27. The molecule has 3 rings (SSSR count). The molecular formula is C16H22N4O. The standard InChI is InChI=1S/C16H22N4O/c1-21-15-8-2-12(3-9-15)10-20-11-18-19-16(20)13-4-6-14(17)7-5-13/h2-3,8-9,11,13-14H,4-7,10,17H2,1H3. The van der Waals surface area contributed by atoms with E-state index < -0.39 is 0 Å². The maximum absolute atomic E-state index is 5.98. The van der Waals surface area contributed by atoms with Gasteiger partial charge < -0.3 is 15.0 Å². The Morgan fingerprint density at radius 2 is 1.90 bits per heavy atom. The Morgan fingerprint density at radius 3 is 2.57 bits per heavy atom. The van der Waals surface area contributed by atoms with E-state index in [0.29, 0.717) is 12.0 Å². The number of aromatic nitrogens is 3. The fourth-order valence-corrected chi connectivity index (χ4v) is 3.01. The highest BCUT2D eigenvalue weighted by atomic mass is 16.5. The monoisotopic (exact) mass is 286 g/mol. The Labute approximate surface area is 125 Å². The Kier molecular flexibility index (Phi) is 4.20. The van der Waals surface area contributed by atoms with Gasteiger partial charge in [0.15, 0.2) is 0 Å². The topological polar surface area (TPSA) is 66.0 Å². The molecule has 1 heterocycles. The van der Waals surface area contributed by atoms with E-state index in [1.54, 1.807) is 7.11 Å². The van der Waals surface area contributed by atoms with Gasteiger partial charge in [-0.3, -0.25) is 0 Å². The number of rotatable bonds is 4. The summed E-state index contributed by atoms with van der Waals surface area (Å²) in [5, 5.41) is 8.45. The second kappa shape index (κ2) is 6.26. The number of ether oxygens (including phenoxy) is 1. The molecule has 2 aromatic rings. The van der Waals surface area contributed by atoms with Crippen LogP contribution >= 0.6 is 0 Å². The lowest BCUT2D eigenvalue weighted by molar-refractivity contribution is 0.377. The molecule has 1 fully saturated rings. The molecule has 0 spiro atoms. The second-order valence-electron chi connectivity index (χ2n) is 5.78. The Bertz CT molecular complexity index is 570. The molecule has 21 heavy (non-hydrogen) atoms. The van der Waals surface area contributed by atoms with Crippen LogP contribution in [-0.4, -0.2) is 27.9 Å². The zero-order valence-corrected chi connectivity index (χ0v) is 12.4. The summed E-state index contributed by atoms with van der Waals surface area (Å²) in [6, 6.07) is 8.50. The highest BCUT2D eigenvalue weighted by Gasteiger charge is 2.24. The molecule has 0 amide bonds. The van der Waals surface area contributed by atoms with Crippen LogP contribution in [0.25, 0.3) is 0 Å². The molecule has 5 nitrogen and oxygen atoms in total. The van der Waals surface area contributed by atoms with Crippen molar-refractivity contribution in [2.75, 3.05) is 7.11 Å². The molecule has 2 N–H and O–H groups in total. The molecule has 0 atom stereocenters. The van der Waals surface area contributed by atoms with Crippen molar-refractivity contribution in [2.24, 2.45) is 5.73 Å². The lowest BCUT2D eigenvalue weighted by Gasteiger charge is -2.25. The van der Waals surface area contributed by atoms with Gasteiger partial charge in [0.05, 0.1) is 13.7 Å². The summed E-state index contributed by atoms with van der Waals surface area (Å²) in [5.74, 6) is 2.47. The van der Waals surface area contributed by atoms with Crippen molar-refractivity contribution in [1.82, 2.24) is 14.8 Å². The third kappa shape index (κ3) is 3.24. The third-order valence-corrected chi connectivity index (χ3v) is 4.29. The molecule has 1 aliphatic rings. The van der Waals surface area contributed by atoms with Crippen LogP contribution in [0, 0.1) is 0 Å². The van der Waals surface area contributed by atoms with Gasteiger partial charge in [0.2, 0.25) is 0 Å². The van der Waals surface area contributed by atoms with Gasteiger partial charge in [-0.05, 0) is 43.4 Å². The first-order chi connectivity index (χ1) is 10.3. The summed E-state index contributed by atoms with van der Waals surface area (Å²) in [6.45, 7) is 0.800. The third-order valence-electron chi connectivity index (χ3n) is 4.29. The van der Waals surface area contributed by atoms with E-state index in [2.05, 4.69) is 26.9 Å². The van der Waals surface area contributed by atoms with Crippen molar-refractivity contribution < 1.29 is 4.74 Å². The van der Waals surface area contributed by atoms with E-state index in [9.17, 15) is 0 Å². The summed E-state index contributed by atoms with van der Waals surface area (Å²) in [4.78, 5) is 0. The molecule has 1 aliphatic carbocycles. The van der Waals surface area contributed by atoms with Crippen LogP contribution in [0.15, 0.2) is 30.6 Å². The summed E-state index contributed by atoms with van der Waals surface area (Å²) in [5.41, 5.74) is 7.21. The van der Waals surface area contributed by atoms with Crippen LogP contribution in [0.5, 0.6) is 5.75 Å². The first-order valence-corrected chi connectivity index (χ1v) is 7.52. The van der Waals surface area contributed by atoms with Crippen LogP contribution in [0.4, 0.5) is 0 Å². The predicted molar refractivity (Wildman–Crippen MR) is 81.3 cm³/mol. The Hall–Kier alpha value is -1.88. The lowest BCUT2D eigenvalue weighted by atomic mass is 9.86. The van der Waals surface area contributed by atoms with Crippen molar-refractivity contribution >= 4 is 0 Å². The average Bonchev–Trinajstić information content (AvgIpc) is 2.97. The van der Waals surface area contributed by atoms with Gasteiger partial charge in [-0.15, -0.1) is 10.2 Å². The quantitative estimate of drug-likeness (QED) is 0.936. The molecule has 0 unspecified atom stereocenters. The van der Waals surface area contributed by atoms with Crippen molar-refractivity contribution in [1.29, 1.82) is 0 Å². The van der Waals surface area contributed by atoms with Gasteiger partial charge in [0, 0.05) is 12.0 Å². The van der Waals surface area contributed by atoms with Crippen LogP contribution in [0.3, 0.4) is 0 Å². The van der Waals surface area contributed by atoms with Gasteiger partial charge >= 0.3 is 0 Å². The molecule has 0 bridgehead atoms. The van der Waals surface area contributed by atoms with E-state index in [1.165, 1.54) is 5.56 Å². The molecule has 1 aromatic heterocycles. The smallest absolute Gasteiger partial charge is 0.136 e. The van der Waals surface area contributed by atoms with Crippen LogP contribution in [0.1, 0.15) is 43.0 Å². The van der Waals surface area contributed by atoms with Crippen LogP contribution < -0.4 is 10.5 Å². The van der Waals surface area contributed by atoms with E-state index in [1.807, 2.05) is 18.5 Å². The largest absolute Gasteiger partial charge is 0.497 e. The lowest BCUT2D eigenvalue weighted by Crippen LogP contribution is -2.26. The minimum absolute atomic E-state index is 0.360. The van der Waals surface area contributed by atoms with Crippen molar-refractivity contribution in [2.45, 2.75) is 44.2 Å². The van der Waals surface area contributed by atoms with E-state index in [4.69, 9.17) is 10.5 Å². The van der Waals surface area contributed by atoms with Crippen molar-refractivity contribution in [3.63, 3.8) is 0 Å². The number of hydrogen-bond acceptors (Lipinski definition) is 4. The molecule has 0 saturated heterocycles. The molecular weight excluding hydrogens is 264 g/mol. The number of methoxy groups -OCH3 is 1. The molecule has 0 aliphatic heterocycles. The number of nitrogens with two attached hydrogens (primary N) is 1. The molecule has 5 heteroatoms. The number of benzene rings is 1. The van der Waals surface area contributed by atoms with Crippen LogP contribution in [-0.2, 0) is 6.54 Å². The van der Waals surface area contributed by atoms with Gasteiger partial charge in [0.1, 0.15) is 17.9 Å². The van der Waals surface area contributed by atoms with Gasteiger partial charge in [-0.2, -0.15) is 0 Å². The van der Waals surface area contributed by atoms with Crippen LogP contribution in [0.2, 0.25) is 0 Å².